The summed E-state index contributed by atoms with van der Waals surface area (Å²) in [5, 5.41) is 0.944. The molecular formula is C14H12BrNO2. The zero-order valence-electron chi connectivity index (χ0n) is 10.1. The molecule has 0 atom stereocenters. The Morgan fingerprint density at radius 2 is 1.78 bits per heavy atom. The van der Waals surface area contributed by atoms with Crippen molar-refractivity contribution in [3.63, 3.8) is 0 Å². The Morgan fingerprint density at radius 1 is 1.11 bits per heavy atom. The van der Waals surface area contributed by atoms with E-state index in [1.165, 1.54) is 0 Å². The zero-order chi connectivity index (χ0) is 13.3. The Balaban J connectivity index is 2.43. The number of benzene rings is 1. The van der Waals surface area contributed by atoms with Gasteiger partial charge in [-0.3, -0.25) is 9.59 Å². The highest BCUT2D eigenvalue weighted by Crippen LogP contribution is 2.20. The molecule has 0 aliphatic rings. The molecule has 0 spiro atoms. The quantitative estimate of drug-likeness (QED) is 0.497. The van der Waals surface area contributed by atoms with Gasteiger partial charge >= 0.3 is 0 Å². The fraction of sp³-hybridized carbons (Fsp3) is 0.214. The van der Waals surface area contributed by atoms with Gasteiger partial charge < -0.3 is 0 Å². The Hall–Kier alpha value is -1.55. The molecule has 0 saturated heterocycles. The highest BCUT2D eigenvalue weighted by molar-refractivity contribution is 9.10. The molecule has 1 aromatic carbocycles. The Kier molecular flexibility index (Phi) is 3.30. The molecular weight excluding hydrogens is 294 g/mol. The van der Waals surface area contributed by atoms with Gasteiger partial charge in [0.1, 0.15) is 5.69 Å². The molecule has 0 saturated carbocycles. The lowest BCUT2D eigenvalue weighted by atomic mass is 10.0. The topological polar surface area (TPSA) is 47.0 Å². The van der Waals surface area contributed by atoms with E-state index in [0.717, 1.165) is 5.39 Å². The Bertz CT molecular complexity index is 629. The van der Waals surface area contributed by atoms with Crippen LogP contribution in [-0.4, -0.2) is 20.9 Å². The second-order valence-electron chi connectivity index (χ2n) is 4.52. The van der Waals surface area contributed by atoms with Crippen LogP contribution in [0, 0.1) is 0 Å². The van der Waals surface area contributed by atoms with Crippen molar-refractivity contribution in [2.45, 2.75) is 18.2 Å². The summed E-state index contributed by atoms with van der Waals surface area (Å²) >= 11 is 3.19. The van der Waals surface area contributed by atoms with Gasteiger partial charge in [0.25, 0.3) is 0 Å². The van der Waals surface area contributed by atoms with Gasteiger partial charge in [0.15, 0.2) is 0 Å². The number of pyridine rings is 1. The number of hydrogen-bond donors (Lipinski definition) is 0. The van der Waals surface area contributed by atoms with Crippen LogP contribution >= 0.6 is 15.9 Å². The number of fused-ring (bicyclic) bond motifs is 1. The molecule has 0 aliphatic carbocycles. The lowest BCUT2D eigenvalue weighted by Crippen LogP contribution is -2.32. The SMILES string of the molecule is CC(C)(Br)C(=O)C(=O)c1ccc2ccccc2n1. The van der Waals surface area contributed by atoms with Crippen LogP contribution in [0.4, 0.5) is 0 Å². The smallest absolute Gasteiger partial charge is 0.248 e. The first-order chi connectivity index (χ1) is 8.39. The molecule has 2 rings (SSSR count). The van der Waals surface area contributed by atoms with Gasteiger partial charge in [0.05, 0.1) is 9.84 Å². The van der Waals surface area contributed by atoms with E-state index in [0.29, 0.717) is 5.52 Å². The maximum Gasteiger partial charge on any atom is 0.248 e. The van der Waals surface area contributed by atoms with E-state index in [1.807, 2.05) is 24.3 Å². The molecule has 2 aromatic rings. The molecule has 1 heterocycles. The molecule has 0 bridgehead atoms. The molecule has 18 heavy (non-hydrogen) atoms. The van der Waals surface area contributed by atoms with Crippen molar-refractivity contribution in [1.82, 2.24) is 4.98 Å². The number of ketones is 2. The normalized spacial score (nSPS) is 11.5. The average molecular weight is 306 g/mol. The minimum Gasteiger partial charge on any atom is -0.289 e. The standard InChI is InChI=1S/C14H12BrNO2/c1-14(2,15)13(18)12(17)11-8-7-9-5-3-4-6-10(9)16-11/h3-8H,1-2H3. The molecule has 0 radical (unpaired) electrons. The van der Waals surface area contributed by atoms with Crippen molar-refractivity contribution in [2.75, 3.05) is 0 Å². The number of para-hydroxylation sites is 1. The summed E-state index contributed by atoms with van der Waals surface area (Å²) in [7, 11) is 0. The Morgan fingerprint density at radius 3 is 2.44 bits per heavy atom. The van der Waals surface area contributed by atoms with Crippen molar-refractivity contribution in [3.8, 4) is 0 Å². The third-order valence-electron chi connectivity index (χ3n) is 2.58. The largest absolute Gasteiger partial charge is 0.289 e. The fourth-order valence-electron chi connectivity index (χ4n) is 1.58. The molecule has 3 nitrogen and oxygen atoms in total. The highest BCUT2D eigenvalue weighted by atomic mass is 79.9. The number of Topliss-reactive ketones (excluding diaryl/α,β-unsaturated/α-hetero) is 2. The first-order valence-electron chi connectivity index (χ1n) is 5.53. The van der Waals surface area contributed by atoms with Crippen molar-refractivity contribution >= 4 is 38.4 Å². The number of aromatic nitrogens is 1. The second kappa shape index (κ2) is 4.61. The molecule has 0 aliphatic heterocycles. The molecule has 0 unspecified atom stereocenters. The second-order valence-corrected chi connectivity index (χ2v) is 6.50. The van der Waals surface area contributed by atoms with Gasteiger partial charge in [0, 0.05) is 5.39 Å². The maximum absolute atomic E-state index is 12.0. The van der Waals surface area contributed by atoms with Gasteiger partial charge in [0.2, 0.25) is 11.6 Å². The van der Waals surface area contributed by atoms with Crippen LogP contribution in [0.2, 0.25) is 0 Å². The third kappa shape index (κ3) is 2.48. The average Bonchev–Trinajstić information content (AvgIpc) is 2.35. The summed E-state index contributed by atoms with van der Waals surface area (Å²) in [6.45, 7) is 3.29. The van der Waals surface area contributed by atoms with Crippen LogP contribution in [0.1, 0.15) is 24.3 Å². The van der Waals surface area contributed by atoms with Crippen LogP contribution in [-0.2, 0) is 4.79 Å². The predicted molar refractivity (Wildman–Crippen MR) is 74.1 cm³/mol. The van der Waals surface area contributed by atoms with Crippen LogP contribution in [0.3, 0.4) is 0 Å². The molecule has 0 amide bonds. The molecule has 1 aromatic heterocycles. The van der Waals surface area contributed by atoms with E-state index in [4.69, 9.17) is 0 Å². The number of alkyl halides is 1. The predicted octanol–water partition coefficient (Wildman–Crippen LogP) is 3.16. The minimum atomic E-state index is -0.864. The lowest BCUT2D eigenvalue weighted by Gasteiger charge is -2.12. The number of carbonyl (C=O) groups is 2. The molecule has 92 valence electrons. The van der Waals surface area contributed by atoms with Crippen molar-refractivity contribution in [2.24, 2.45) is 0 Å². The van der Waals surface area contributed by atoms with E-state index in [2.05, 4.69) is 20.9 Å². The Labute approximate surface area is 113 Å². The summed E-state index contributed by atoms with van der Waals surface area (Å²) in [5.74, 6) is -1.06. The van der Waals surface area contributed by atoms with Gasteiger partial charge in [-0.2, -0.15) is 0 Å². The molecule has 4 heteroatoms. The van der Waals surface area contributed by atoms with Crippen LogP contribution in [0.15, 0.2) is 36.4 Å². The summed E-state index contributed by atoms with van der Waals surface area (Å²) in [5.41, 5.74) is 0.898. The molecule has 0 fully saturated rings. The summed E-state index contributed by atoms with van der Waals surface area (Å²) in [6, 6.07) is 10.9. The number of carbonyl (C=O) groups excluding carboxylic acids is 2. The van der Waals surface area contributed by atoms with Crippen molar-refractivity contribution in [3.05, 3.63) is 42.1 Å². The van der Waals surface area contributed by atoms with Crippen LogP contribution < -0.4 is 0 Å². The number of halogens is 1. The van der Waals surface area contributed by atoms with Gasteiger partial charge in [-0.05, 0) is 26.0 Å². The highest BCUT2D eigenvalue weighted by Gasteiger charge is 2.31. The van der Waals surface area contributed by atoms with Crippen LogP contribution in [0.25, 0.3) is 10.9 Å². The number of rotatable bonds is 3. The summed E-state index contributed by atoms with van der Waals surface area (Å²) < 4.78 is -0.864. The van der Waals surface area contributed by atoms with Crippen molar-refractivity contribution < 1.29 is 9.59 Å². The van der Waals surface area contributed by atoms with Gasteiger partial charge in [-0.15, -0.1) is 0 Å². The number of hydrogen-bond acceptors (Lipinski definition) is 3. The number of nitrogens with zero attached hydrogens (tertiary/aromatic N) is 1. The monoisotopic (exact) mass is 305 g/mol. The van der Waals surface area contributed by atoms with E-state index in [-0.39, 0.29) is 5.69 Å². The third-order valence-corrected chi connectivity index (χ3v) is 2.94. The zero-order valence-corrected chi connectivity index (χ0v) is 11.7. The van der Waals surface area contributed by atoms with E-state index < -0.39 is 15.9 Å². The minimum absolute atomic E-state index is 0.186. The van der Waals surface area contributed by atoms with E-state index in [1.54, 1.807) is 26.0 Å². The van der Waals surface area contributed by atoms with Gasteiger partial charge in [-0.25, -0.2) is 4.98 Å². The maximum atomic E-state index is 12.0. The van der Waals surface area contributed by atoms with E-state index >= 15 is 0 Å². The van der Waals surface area contributed by atoms with Crippen LogP contribution in [0.5, 0.6) is 0 Å². The van der Waals surface area contributed by atoms with Gasteiger partial charge in [-0.1, -0.05) is 40.2 Å². The summed E-state index contributed by atoms with van der Waals surface area (Å²) in [6.07, 6.45) is 0. The lowest BCUT2D eigenvalue weighted by molar-refractivity contribution is -0.116. The first-order valence-corrected chi connectivity index (χ1v) is 6.33. The van der Waals surface area contributed by atoms with E-state index in [9.17, 15) is 9.59 Å². The summed E-state index contributed by atoms with van der Waals surface area (Å²) in [4.78, 5) is 28.1. The van der Waals surface area contributed by atoms with Crippen molar-refractivity contribution in [1.29, 1.82) is 0 Å². The first kappa shape index (κ1) is 12.9. The molecule has 0 N–H and O–H groups in total. The fourth-order valence-corrected chi connectivity index (χ4v) is 1.76.